The highest BCUT2D eigenvalue weighted by Gasteiger charge is 2.24. The van der Waals surface area contributed by atoms with Crippen molar-refractivity contribution in [1.82, 2.24) is 0 Å². The van der Waals surface area contributed by atoms with Gasteiger partial charge in [0, 0.05) is 6.54 Å². The SMILES string of the molecule is CCC1CN(CC#N)c2ccc(CN)cc2O1. The molecule has 1 aliphatic rings. The summed E-state index contributed by atoms with van der Waals surface area (Å²) in [5.41, 5.74) is 7.67. The molecule has 0 aliphatic carbocycles. The predicted molar refractivity (Wildman–Crippen MR) is 66.9 cm³/mol. The summed E-state index contributed by atoms with van der Waals surface area (Å²) in [4.78, 5) is 2.06. The summed E-state index contributed by atoms with van der Waals surface area (Å²) in [5, 5.41) is 8.85. The Balaban J connectivity index is 2.34. The zero-order chi connectivity index (χ0) is 12.3. The summed E-state index contributed by atoms with van der Waals surface area (Å²) in [7, 11) is 0. The summed E-state index contributed by atoms with van der Waals surface area (Å²) >= 11 is 0. The maximum atomic E-state index is 8.85. The van der Waals surface area contributed by atoms with Gasteiger partial charge in [-0.15, -0.1) is 0 Å². The lowest BCUT2D eigenvalue weighted by Crippen LogP contribution is -2.39. The van der Waals surface area contributed by atoms with Gasteiger partial charge in [-0.3, -0.25) is 0 Å². The van der Waals surface area contributed by atoms with Crippen LogP contribution in [0.25, 0.3) is 0 Å². The molecule has 1 heterocycles. The standard InChI is InChI=1S/C13H17N3O/c1-2-11-9-16(6-5-14)12-4-3-10(8-15)7-13(12)17-11/h3-4,7,11H,2,6,8-9,15H2,1H3. The molecule has 2 rings (SSSR count). The van der Waals surface area contributed by atoms with E-state index in [0.29, 0.717) is 13.1 Å². The molecule has 0 spiro atoms. The average Bonchev–Trinajstić information content (AvgIpc) is 2.38. The van der Waals surface area contributed by atoms with Gasteiger partial charge in [0.2, 0.25) is 0 Å². The van der Waals surface area contributed by atoms with Crippen molar-refractivity contribution >= 4 is 5.69 Å². The molecule has 1 unspecified atom stereocenters. The first-order chi connectivity index (χ1) is 8.28. The monoisotopic (exact) mass is 231 g/mol. The summed E-state index contributed by atoms with van der Waals surface area (Å²) in [6.45, 7) is 3.77. The number of fused-ring (bicyclic) bond motifs is 1. The van der Waals surface area contributed by atoms with Crippen molar-refractivity contribution < 1.29 is 4.74 Å². The molecule has 0 radical (unpaired) electrons. The molecule has 90 valence electrons. The minimum Gasteiger partial charge on any atom is -0.486 e. The van der Waals surface area contributed by atoms with Gasteiger partial charge in [-0.25, -0.2) is 0 Å². The molecular weight excluding hydrogens is 214 g/mol. The lowest BCUT2D eigenvalue weighted by Gasteiger charge is -2.34. The number of hydrogen-bond acceptors (Lipinski definition) is 4. The van der Waals surface area contributed by atoms with Crippen molar-refractivity contribution in [3.63, 3.8) is 0 Å². The zero-order valence-electron chi connectivity index (χ0n) is 10.0. The van der Waals surface area contributed by atoms with E-state index < -0.39 is 0 Å². The minimum absolute atomic E-state index is 0.156. The van der Waals surface area contributed by atoms with Gasteiger partial charge in [0.05, 0.1) is 18.3 Å². The number of anilines is 1. The Hall–Kier alpha value is -1.73. The van der Waals surface area contributed by atoms with Gasteiger partial charge in [0.1, 0.15) is 18.4 Å². The fraction of sp³-hybridized carbons (Fsp3) is 0.462. The van der Waals surface area contributed by atoms with Gasteiger partial charge in [-0.2, -0.15) is 5.26 Å². The van der Waals surface area contributed by atoms with Crippen LogP contribution in [-0.2, 0) is 6.54 Å². The van der Waals surface area contributed by atoms with Gasteiger partial charge in [0.15, 0.2) is 0 Å². The first kappa shape index (κ1) is 11.7. The molecule has 0 fully saturated rings. The molecule has 1 aromatic rings. The number of nitrogens with two attached hydrogens (primary N) is 1. The van der Waals surface area contributed by atoms with E-state index in [9.17, 15) is 0 Å². The molecule has 1 aromatic carbocycles. The van der Waals surface area contributed by atoms with Gasteiger partial charge >= 0.3 is 0 Å². The third kappa shape index (κ3) is 2.34. The summed E-state index contributed by atoms with van der Waals surface area (Å²) in [5.74, 6) is 0.848. The number of nitrogens with zero attached hydrogens (tertiary/aromatic N) is 2. The number of rotatable bonds is 3. The fourth-order valence-corrected chi connectivity index (χ4v) is 2.05. The Morgan fingerprint density at radius 3 is 3.06 bits per heavy atom. The van der Waals surface area contributed by atoms with Crippen LogP contribution in [0.15, 0.2) is 18.2 Å². The highest BCUT2D eigenvalue weighted by atomic mass is 16.5. The van der Waals surface area contributed by atoms with E-state index >= 15 is 0 Å². The van der Waals surface area contributed by atoms with E-state index in [1.807, 2.05) is 18.2 Å². The van der Waals surface area contributed by atoms with Gasteiger partial charge in [-0.05, 0) is 24.1 Å². The van der Waals surface area contributed by atoms with Crippen LogP contribution in [0.4, 0.5) is 5.69 Å². The van der Waals surface area contributed by atoms with Crippen LogP contribution in [0.3, 0.4) is 0 Å². The highest BCUT2D eigenvalue weighted by Crippen LogP contribution is 2.34. The normalized spacial score (nSPS) is 18.2. The predicted octanol–water partition coefficient (Wildman–Crippen LogP) is 1.65. The molecule has 0 aromatic heterocycles. The second kappa shape index (κ2) is 5.07. The lowest BCUT2D eigenvalue weighted by molar-refractivity contribution is 0.190. The summed E-state index contributed by atoms with van der Waals surface area (Å²) in [6, 6.07) is 8.14. The number of ether oxygens (including phenoxy) is 1. The fourth-order valence-electron chi connectivity index (χ4n) is 2.05. The molecule has 1 atom stereocenters. The molecule has 0 amide bonds. The average molecular weight is 231 g/mol. The molecule has 1 aliphatic heterocycles. The number of nitriles is 1. The summed E-state index contributed by atoms with van der Waals surface area (Å²) < 4.78 is 5.89. The molecule has 4 heteroatoms. The van der Waals surface area contributed by atoms with Crippen LogP contribution in [0.5, 0.6) is 5.75 Å². The third-order valence-corrected chi connectivity index (χ3v) is 3.04. The second-order valence-corrected chi connectivity index (χ2v) is 4.19. The summed E-state index contributed by atoms with van der Waals surface area (Å²) in [6.07, 6.45) is 1.10. The van der Waals surface area contributed by atoms with Crippen LogP contribution < -0.4 is 15.4 Å². The van der Waals surface area contributed by atoms with Crippen molar-refractivity contribution in [2.24, 2.45) is 5.73 Å². The van der Waals surface area contributed by atoms with Crippen LogP contribution in [0, 0.1) is 11.3 Å². The zero-order valence-corrected chi connectivity index (χ0v) is 10.0. The first-order valence-electron chi connectivity index (χ1n) is 5.90. The Morgan fingerprint density at radius 2 is 2.41 bits per heavy atom. The Bertz CT molecular complexity index is 439. The molecular formula is C13H17N3O. The topological polar surface area (TPSA) is 62.3 Å². The second-order valence-electron chi connectivity index (χ2n) is 4.19. The maximum Gasteiger partial charge on any atom is 0.143 e. The van der Waals surface area contributed by atoms with Crippen molar-refractivity contribution in [2.45, 2.75) is 26.0 Å². The van der Waals surface area contributed by atoms with Crippen LogP contribution in [0.2, 0.25) is 0 Å². The van der Waals surface area contributed by atoms with Gasteiger partial charge < -0.3 is 15.4 Å². The minimum atomic E-state index is 0.156. The smallest absolute Gasteiger partial charge is 0.143 e. The van der Waals surface area contributed by atoms with Crippen LogP contribution in [-0.4, -0.2) is 19.2 Å². The third-order valence-electron chi connectivity index (χ3n) is 3.04. The Labute approximate surface area is 102 Å². The molecule has 0 bridgehead atoms. The Kier molecular flexibility index (Phi) is 3.50. The first-order valence-corrected chi connectivity index (χ1v) is 5.90. The quantitative estimate of drug-likeness (QED) is 0.803. The van der Waals surface area contributed by atoms with E-state index in [4.69, 9.17) is 15.7 Å². The van der Waals surface area contributed by atoms with E-state index in [1.54, 1.807) is 0 Å². The van der Waals surface area contributed by atoms with E-state index in [0.717, 1.165) is 30.0 Å². The van der Waals surface area contributed by atoms with E-state index in [1.165, 1.54) is 0 Å². The molecule has 2 N–H and O–H groups in total. The highest BCUT2D eigenvalue weighted by molar-refractivity contribution is 5.62. The molecule has 17 heavy (non-hydrogen) atoms. The number of hydrogen-bond donors (Lipinski definition) is 1. The van der Waals surface area contributed by atoms with Crippen molar-refractivity contribution in [3.8, 4) is 11.8 Å². The van der Waals surface area contributed by atoms with Crippen molar-refractivity contribution in [1.29, 1.82) is 5.26 Å². The molecule has 0 saturated heterocycles. The molecule has 4 nitrogen and oxygen atoms in total. The van der Waals surface area contributed by atoms with Crippen LogP contribution >= 0.6 is 0 Å². The Morgan fingerprint density at radius 1 is 1.59 bits per heavy atom. The van der Waals surface area contributed by atoms with Crippen molar-refractivity contribution in [2.75, 3.05) is 18.0 Å². The van der Waals surface area contributed by atoms with Gasteiger partial charge in [0.25, 0.3) is 0 Å². The van der Waals surface area contributed by atoms with Crippen molar-refractivity contribution in [3.05, 3.63) is 23.8 Å². The number of benzene rings is 1. The van der Waals surface area contributed by atoms with E-state index in [2.05, 4.69) is 17.9 Å². The van der Waals surface area contributed by atoms with E-state index in [-0.39, 0.29) is 6.10 Å². The molecule has 0 saturated carbocycles. The van der Waals surface area contributed by atoms with Gasteiger partial charge in [-0.1, -0.05) is 13.0 Å². The van der Waals surface area contributed by atoms with Crippen LogP contribution in [0.1, 0.15) is 18.9 Å². The lowest BCUT2D eigenvalue weighted by atomic mass is 10.1. The largest absolute Gasteiger partial charge is 0.486 e. The maximum absolute atomic E-state index is 8.85.